The van der Waals surface area contributed by atoms with Gasteiger partial charge >= 0.3 is 0 Å². The molecule has 0 bridgehead atoms. The number of aromatic nitrogens is 2. The SMILES string of the molecule is COc1ccc(C(=O)C=Cc2csc(-c3ccccn3)n2)cc1Br. The third-order valence-electron chi connectivity index (χ3n) is 3.25. The highest BCUT2D eigenvalue weighted by Crippen LogP contribution is 2.26. The van der Waals surface area contributed by atoms with E-state index in [1.807, 2.05) is 23.6 Å². The fourth-order valence-corrected chi connectivity index (χ4v) is 3.35. The first-order chi connectivity index (χ1) is 11.7. The first kappa shape index (κ1) is 16.5. The van der Waals surface area contributed by atoms with E-state index < -0.39 is 0 Å². The molecule has 2 heterocycles. The molecular weight excluding hydrogens is 388 g/mol. The minimum atomic E-state index is -0.0919. The van der Waals surface area contributed by atoms with Gasteiger partial charge in [-0.1, -0.05) is 6.07 Å². The molecule has 3 rings (SSSR count). The summed E-state index contributed by atoms with van der Waals surface area (Å²) in [5.41, 5.74) is 2.15. The Kier molecular flexibility index (Phi) is 5.17. The molecule has 3 aromatic rings. The van der Waals surface area contributed by atoms with Crippen molar-refractivity contribution in [3.05, 3.63) is 69.8 Å². The lowest BCUT2D eigenvalue weighted by atomic mass is 10.1. The number of carbonyl (C=O) groups excluding carboxylic acids is 1. The summed E-state index contributed by atoms with van der Waals surface area (Å²) < 4.78 is 5.91. The highest BCUT2D eigenvalue weighted by molar-refractivity contribution is 9.10. The lowest BCUT2D eigenvalue weighted by molar-refractivity contribution is 0.104. The van der Waals surface area contributed by atoms with Crippen LogP contribution in [0.2, 0.25) is 0 Å². The smallest absolute Gasteiger partial charge is 0.185 e. The first-order valence-electron chi connectivity index (χ1n) is 7.10. The van der Waals surface area contributed by atoms with E-state index in [1.54, 1.807) is 37.6 Å². The zero-order chi connectivity index (χ0) is 16.9. The molecule has 0 fully saturated rings. The van der Waals surface area contributed by atoms with E-state index in [2.05, 4.69) is 25.9 Å². The Morgan fingerprint density at radius 1 is 1.29 bits per heavy atom. The van der Waals surface area contributed by atoms with Crippen molar-refractivity contribution in [3.8, 4) is 16.5 Å². The Morgan fingerprint density at radius 2 is 2.17 bits per heavy atom. The van der Waals surface area contributed by atoms with Crippen molar-refractivity contribution in [1.82, 2.24) is 9.97 Å². The molecule has 4 nitrogen and oxygen atoms in total. The van der Waals surface area contributed by atoms with E-state index in [1.165, 1.54) is 17.4 Å². The maximum absolute atomic E-state index is 12.3. The number of methoxy groups -OCH3 is 1. The normalized spacial score (nSPS) is 10.9. The number of hydrogen-bond acceptors (Lipinski definition) is 5. The number of rotatable bonds is 5. The van der Waals surface area contributed by atoms with Crippen LogP contribution in [0.5, 0.6) is 5.75 Å². The summed E-state index contributed by atoms with van der Waals surface area (Å²) in [7, 11) is 1.59. The van der Waals surface area contributed by atoms with Crippen LogP contribution < -0.4 is 4.74 Å². The second kappa shape index (κ2) is 7.51. The Morgan fingerprint density at radius 3 is 2.88 bits per heavy atom. The molecule has 24 heavy (non-hydrogen) atoms. The maximum atomic E-state index is 12.3. The minimum Gasteiger partial charge on any atom is -0.496 e. The van der Waals surface area contributed by atoms with Crippen molar-refractivity contribution in [2.45, 2.75) is 0 Å². The molecule has 2 aromatic heterocycles. The van der Waals surface area contributed by atoms with Crippen LogP contribution in [0.15, 0.2) is 58.5 Å². The molecule has 0 saturated carbocycles. The van der Waals surface area contributed by atoms with Crippen LogP contribution in [-0.2, 0) is 0 Å². The van der Waals surface area contributed by atoms with E-state index in [4.69, 9.17) is 4.74 Å². The van der Waals surface area contributed by atoms with Gasteiger partial charge in [0.1, 0.15) is 10.8 Å². The molecule has 0 radical (unpaired) electrons. The van der Waals surface area contributed by atoms with Gasteiger partial charge in [0.05, 0.1) is 23.0 Å². The first-order valence-corrected chi connectivity index (χ1v) is 8.77. The van der Waals surface area contributed by atoms with E-state index in [0.29, 0.717) is 11.3 Å². The largest absolute Gasteiger partial charge is 0.496 e. The van der Waals surface area contributed by atoms with Gasteiger partial charge in [0.25, 0.3) is 0 Å². The molecule has 0 unspecified atom stereocenters. The highest BCUT2D eigenvalue weighted by Gasteiger charge is 2.07. The van der Waals surface area contributed by atoms with E-state index >= 15 is 0 Å². The molecule has 1 aromatic carbocycles. The minimum absolute atomic E-state index is 0.0919. The van der Waals surface area contributed by atoms with Gasteiger partial charge in [-0.25, -0.2) is 4.98 Å². The second-order valence-corrected chi connectivity index (χ2v) is 6.55. The van der Waals surface area contributed by atoms with Crippen molar-refractivity contribution >= 4 is 39.1 Å². The number of ether oxygens (including phenoxy) is 1. The third kappa shape index (κ3) is 3.77. The third-order valence-corrected chi connectivity index (χ3v) is 4.75. The van der Waals surface area contributed by atoms with Gasteiger partial charge in [0.15, 0.2) is 5.78 Å². The second-order valence-electron chi connectivity index (χ2n) is 4.84. The number of nitrogens with zero attached hydrogens (tertiary/aromatic N) is 2. The highest BCUT2D eigenvalue weighted by atomic mass is 79.9. The van der Waals surface area contributed by atoms with Crippen molar-refractivity contribution < 1.29 is 9.53 Å². The molecule has 120 valence electrons. The van der Waals surface area contributed by atoms with E-state index in [0.717, 1.165) is 20.9 Å². The van der Waals surface area contributed by atoms with Crippen LogP contribution in [0.25, 0.3) is 16.8 Å². The van der Waals surface area contributed by atoms with Crippen molar-refractivity contribution in [1.29, 1.82) is 0 Å². The number of pyridine rings is 1. The summed E-state index contributed by atoms with van der Waals surface area (Å²) in [5.74, 6) is 0.598. The monoisotopic (exact) mass is 400 g/mol. The molecule has 0 atom stereocenters. The predicted octanol–water partition coefficient (Wildman–Crippen LogP) is 4.87. The molecule has 0 saturated heterocycles. The number of hydrogen-bond donors (Lipinski definition) is 0. The van der Waals surface area contributed by atoms with Gasteiger partial charge in [0, 0.05) is 17.1 Å². The fraction of sp³-hybridized carbons (Fsp3) is 0.0556. The Balaban J connectivity index is 1.75. The standard InChI is InChI=1S/C18H13BrN2O2S/c1-23-17-8-5-12(10-14(17)19)16(22)7-6-13-11-24-18(21-13)15-4-2-3-9-20-15/h2-11H,1H3. The molecule has 0 N–H and O–H groups in total. The average molecular weight is 401 g/mol. The Hall–Kier alpha value is -2.31. The van der Waals surface area contributed by atoms with Crippen molar-refractivity contribution in [2.75, 3.05) is 7.11 Å². The van der Waals surface area contributed by atoms with E-state index in [9.17, 15) is 4.79 Å². The van der Waals surface area contributed by atoms with E-state index in [-0.39, 0.29) is 5.78 Å². The number of allylic oxidation sites excluding steroid dienone is 1. The van der Waals surface area contributed by atoms with Crippen LogP contribution in [0.3, 0.4) is 0 Å². The van der Waals surface area contributed by atoms with Crippen LogP contribution >= 0.6 is 27.3 Å². The molecule has 0 aliphatic heterocycles. The molecule has 0 spiro atoms. The summed E-state index contributed by atoms with van der Waals surface area (Å²) in [6, 6.07) is 10.9. The Bertz CT molecular complexity index is 891. The lowest BCUT2D eigenvalue weighted by Crippen LogP contribution is -1.95. The zero-order valence-electron chi connectivity index (χ0n) is 12.8. The van der Waals surface area contributed by atoms with Gasteiger partial charge in [-0.2, -0.15) is 0 Å². The number of carbonyl (C=O) groups is 1. The quantitative estimate of drug-likeness (QED) is 0.452. The zero-order valence-corrected chi connectivity index (χ0v) is 15.2. The maximum Gasteiger partial charge on any atom is 0.185 e. The predicted molar refractivity (Wildman–Crippen MR) is 99.4 cm³/mol. The fourth-order valence-electron chi connectivity index (χ4n) is 2.05. The summed E-state index contributed by atoms with van der Waals surface area (Å²) in [5, 5.41) is 2.73. The average Bonchev–Trinajstić information content (AvgIpc) is 3.09. The van der Waals surface area contributed by atoms with Gasteiger partial charge in [0.2, 0.25) is 0 Å². The molecule has 6 heteroatoms. The molecular formula is C18H13BrN2O2S. The number of thiazole rings is 1. The number of ketones is 1. The lowest BCUT2D eigenvalue weighted by Gasteiger charge is -2.03. The molecule has 0 aliphatic rings. The van der Waals surface area contributed by atoms with Crippen LogP contribution in [0.4, 0.5) is 0 Å². The topological polar surface area (TPSA) is 52.1 Å². The van der Waals surface area contributed by atoms with Gasteiger partial charge in [-0.05, 0) is 58.4 Å². The van der Waals surface area contributed by atoms with Crippen LogP contribution in [0, 0.1) is 0 Å². The van der Waals surface area contributed by atoms with Crippen LogP contribution in [-0.4, -0.2) is 22.9 Å². The number of benzene rings is 1. The van der Waals surface area contributed by atoms with Crippen molar-refractivity contribution in [2.24, 2.45) is 0 Å². The molecule has 0 aliphatic carbocycles. The number of halogens is 1. The summed E-state index contributed by atoms with van der Waals surface area (Å²) in [6.07, 6.45) is 4.96. The summed E-state index contributed by atoms with van der Waals surface area (Å²) >= 11 is 4.88. The van der Waals surface area contributed by atoms with Gasteiger partial charge < -0.3 is 4.74 Å². The van der Waals surface area contributed by atoms with Gasteiger partial charge in [-0.3, -0.25) is 9.78 Å². The van der Waals surface area contributed by atoms with Crippen molar-refractivity contribution in [3.63, 3.8) is 0 Å². The summed E-state index contributed by atoms with van der Waals surface area (Å²) in [4.78, 5) is 21.0. The Labute approximate surface area is 152 Å². The van der Waals surface area contributed by atoms with Crippen LogP contribution in [0.1, 0.15) is 16.1 Å². The summed E-state index contributed by atoms with van der Waals surface area (Å²) in [6.45, 7) is 0. The molecule has 0 amide bonds. The van der Waals surface area contributed by atoms with Gasteiger partial charge in [-0.15, -0.1) is 11.3 Å².